The van der Waals surface area contributed by atoms with Gasteiger partial charge in [0.15, 0.2) is 0 Å². The Hall–Kier alpha value is -1.08. The third kappa shape index (κ3) is 1.28. The van der Waals surface area contributed by atoms with Crippen LogP contribution in [0.1, 0.15) is 5.69 Å². The first kappa shape index (κ1) is 7.56. The number of rotatable bonds is 0. The lowest BCUT2D eigenvalue weighted by Gasteiger charge is -1.98. The van der Waals surface area contributed by atoms with Crippen molar-refractivity contribution in [1.29, 1.82) is 0 Å². The van der Waals surface area contributed by atoms with Crippen molar-refractivity contribution < 1.29 is 0 Å². The second kappa shape index (κ2) is 2.76. The summed E-state index contributed by atoms with van der Waals surface area (Å²) in [5.74, 6) is 0. The van der Waals surface area contributed by atoms with Crippen LogP contribution in [0.3, 0.4) is 0 Å². The van der Waals surface area contributed by atoms with E-state index in [2.05, 4.69) is 11.9 Å². The molecule has 1 radical (unpaired) electrons. The molecule has 59 valence electrons. The molecule has 0 unspecified atom stereocenters. The van der Waals surface area contributed by atoms with Gasteiger partial charge in [-0.3, -0.25) is 4.98 Å². The second-order valence-corrected chi connectivity index (χ2v) is 3.08. The zero-order valence-corrected chi connectivity index (χ0v) is 7.17. The predicted molar refractivity (Wildman–Crippen MR) is 51.2 cm³/mol. The molecule has 0 aliphatic carbocycles. The normalized spacial score (nSPS) is 10.5. The van der Waals surface area contributed by atoms with Crippen LogP contribution in [0, 0.1) is 6.92 Å². The van der Waals surface area contributed by atoms with Crippen LogP contribution in [0.2, 0.25) is 5.02 Å². The van der Waals surface area contributed by atoms with Crippen LogP contribution in [-0.2, 0) is 0 Å². The zero-order chi connectivity index (χ0) is 8.55. The third-order valence-corrected chi connectivity index (χ3v) is 1.94. The van der Waals surface area contributed by atoms with Gasteiger partial charge in [0.05, 0.1) is 5.52 Å². The molecule has 0 bridgehead atoms. The lowest BCUT2D eigenvalue weighted by atomic mass is 10.2. The van der Waals surface area contributed by atoms with Gasteiger partial charge in [-0.25, -0.2) is 0 Å². The van der Waals surface area contributed by atoms with Crippen LogP contribution >= 0.6 is 11.6 Å². The molecule has 0 saturated heterocycles. The Morgan fingerprint density at radius 2 is 2.00 bits per heavy atom. The molecule has 2 aromatic rings. The molecule has 0 fully saturated rings. The van der Waals surface area contributed by atoms with E-state index in [4.69, 9.17) is 11.6 Å². The van der Waals surface area contributed by atoms with Gasteiger partial charge >= 0.3 is 0 Å². The van der Waals surface area contributed by atoms with E-state index in [1.54, 1.807) is 0 Å². The summed E-state index contributed by atoms with van der Waals surface area (Å²) < 4.78 is 0. The van der Waals surface area contributed by atoms with E-state index in [-0.39, 0.29) is 0 Å². The monoisotopic (exact) mass is 176 g/mol. The largest absolute Gasteiger partial charge is 0.253 e. The van der Waals surface area contributed by atoms with Crippen molar-refractivity contribution in [3.8, 4) is 0 Å². The fraction of sp³-hybridized carbons (Fsp3) is 0. The summed E-state index contributed by atoms with van der Waals surface area (Å²) in [5, 5.41) is 1.79. The van der Waals surface area contributed by atoms with Crippen molar-refractivity contribution in [1.82, 2.24) is 4.98 Å². The van der Waals surface area contributed by atoms with Gasteiger partial charge in [0.25, 0.3) is 0 Å². The summed E-state index contributed by atoms with van der Waals surface area (Å²) in [6.45, 7) is 3.75. The van der Waals surface area contributed by atoms with Gasteiger partial charge in [-0.1, -0.05) is 17.7 Å². The summed E-state index contributed by atoms with van der Waals surface area (Å²) in [5.41, 5.74) is 1.72. The van der Waals surface area contributed by atoms with Gasteiger partial charge in [-0.15, -0.1) is 0 Å². The van der Waals surface area contributed by atoms with E-state index in [1.165, 1.54) is 0 Å². The first-order valence-corrected chi connectivity index (χ1v) is 4.02. The Morgan fingerprint density at radius 1 is 1.17 bits per heavy atom. The first-order chi connectivity index (χ1) is 5.75. The van der Waals surface area contributed by atoms with E-state index in [0.717, 1.165) is 21.6 Å². The van der Waals surface area contributed by atoms with Gasteiger partial charge < -0.3 is 0 Å². The number of benzene rings is 1. The van der Waals surface area contributed by atoms with E-state index in [0.29, 0.717) is 0 Å². The molecule has 0 spiro atoms. The maximum absolute atomic E-state index is 5.82. The molecule has 0 N–H and O–H groups in total. The minimum absolute atomic E-state index is 0.737. The van der Waals surface area contributed by atoms with Crippen LogP contribution in [-0.4, -0.2) is 4.98 Å². The van der Waals surface area contributed by atoms with Crippen LogP contribution < -0.4 is 0 Å². The number of nitrogens with zero attached hydrogens (tertiary/aromatic N) is 1. The van der Waals surface area contributed by atoms with Gasteiger partial charge in [-0.2, -0.15) is 0 Å². The van der Waals surface area contributed by atoms with Crippen LogP contribution in [0.5, 0.6) is 0 Å². The van der Waals surface area contributed by atoms with Crippen LogP contribution in [0.4, 0.5) is 0 Å². The molecule has 1 heterocycles. The molecule has 1 aromatic carbocycles. The van der Waals surface area contributed by atoms with Gasteiger partial charge in [-0.05, 0) is 31.2 Å². The topological polar surface area (TPSA) is 12.9 Å². The summed E-state index contributed by atoms with van der Waals surface area (Å²) in [4.78, 5) is 4.25. The molecular weight excluding hydrogens is 170 g/mol. The van der Waals surface area contributed by atoms with Crippen molar-refractivity contribution >= 4 is 22.5 Å². The molecule has 2 rings (SSSR count). The summed E-state index contributed by atoms with van der Waals surface area (Å²) in [6, 6.07) is 9.46. The predicted octanol–water partition coefficient (Wildman–Crippen LogP) is 3.07. The minimum Gasteiger partial charge on any atom is -0.253 e. The van der Waals surface area contributed by atoms with Crippen molar-refractivity contribution in [3.63, 3.8) is 0 Å². The highest BCUT2D eigenvalue weighted by atomic mass is 35.5. The molecule has 2 heteroatoms. The average Bonchev–Trinajstić information content (AvgIpc) is 2.05. The quantitative estimate of drug-likeness (QED) is 0.601. The highest BCUT2D eigenvalue weighted by Crippen LogP contribution is 2.17. The number of hydrogen-bond acceptors (Lipinski definition) is 1. The van der Waals surface area contributed by atoms with Crippen LogP contribution in [0.25, 0.3) is 10.9 Å². The lowest BCUT2D eigenvalue weighted by molar-refractivity contribution is 1.34. The molecule has 0 atom stereocenters. The number of pyridine rings is 1. The maximum Gasteiger partial charge on any atom is 0.0706 e. The van der Waals surface area contributed by atoms with Crippen molar-refractivity contribution in [2.75, 3.05) is 0 Å². The van der Waals surface area contributed by atoms with Crippen molar-refractivity contribution in [2.45, 2.75) is 0 Å². The molecule has 0 aliphatic heterocycles. The van der Waals surface area contributed by atoms with E-state index in [1.807, 2.05) is 30.3 Å². The van der Waals surface area contributed by atoms with E-state index < -0.39 is 0 Å². The average molecular weight is 177 g/mol. The Kier molecular flexibility index (Phi) is 1.74. The lowest BCUT2D eigenvalue weighted by Crippen LogP contribution is -1.81. The summed E-state index contributed by atoms with van der Waals surface area (Å²) >= 11 is 5.82. The molecular formula is C10H7ClN. The third-order valence-electron chi connectivity index (χ3n) is 1.71. The van der Waals surface area contributed by atoms with Gasteiger partial charge in [0.2, 0.25) is 0 Å². The fourth-order valence-electron chi connectivity index (χ4n) is 1.14. The molecule has 0 saturated carbocycles. The number of fused-ring (bicyclic) bond motifs is 1. The summed E-state index contributed by atoms with van der Waals surface area (Å²) in [7, 11) is 0. The first-order valence-electron chi connectivity index (χ1n) is 3.64. The van der Waals surface area contributed by atoms with Gasteiger partial charge in [0, 0.05) is 16.1 Å². The minimum atomic E-state index is 0.737. The Balaban J connectivity index is 2.79. The highest BCUT2D eigenvalue weighted by molar-refractivity contribution is 6.31. The van der Waals surface area contributed by atoms with Gasteiger partial charge in [0.1, 0.15) is 0 Å². The standard InChI is InChI=1S/C10H7ClN/c1-7-2-3-8-6-9(11)4-5-10(8)12-7/h2-6H,1H2. The van der Waals surface area contributed by atoms with Crippen LogP contribution in [0.15, 0.2) is 30.3 Å². The van der Waals surface area contributed by atoms with Crippen molar-refractivity contribution in [3.05, 3.63) is 48.0 Å². The van der Waals surface area contributed by atoms with Crippen molar-refractivity contribution in [2.24, 2.45) is 0 Å². The SMILES string of the molecule is [CH2]c1ccc2cc(Cl)ccc2n1. The zero-order valence-electron chi connectivity index (χ0n) is 6.42. The molecule has 1 aromatic heterocycles. The number of hydrogen-bond donors (Lipinski definition) is 0. The Labute approximate surface area is 76.0 Å². The Morgan fingerprint density at radius 3 is 2.83 bits per heavy atom. The highest BCUT2D eigenvalue weighted by Gasteiger charge is 1.95. The number of halogens is 1. The molecule has 0 amide bonds. The van der Waals surface area contributed by atoms with E-state index in [9.17, 15) is 0 Å². The molecule has 1 nitrogen and oxygen atoms in total. The molecule has 12 heavy (non-hydrogen) atoms. The second-order valence-electron chi connectivity index (χ2n) is 2.64. The smallest absolute Gasteiger partial charge is 0.0706 e. The van der Waals surface area contributed by atoms with E-state index >= 15 is 0 Å². The Bertz CT molecular complexity index is 382. The maximum atomic E-state index is 5.82. The molecule has 0 aliphatic rings. The summed E-state index contributed by atoms with van der Waals surface area (Å²) in [6.07, 6.45) is 0. The number of aromatic nitrogens is 1. The fourth-order valence-corrected chi connectivity index (χ4v) is 1.32.